The zero-order valence-electron chi connectivity index (χ0n) is 20.2. The van der Waals surface area contributed by atoms with E-state index in [1.54, 1.807) is 0 Å². The molecule has 0 bridgehead atoms. The molecule has 1 spiro atoms. The molecule has 1 aromatic heterocycles. The smallest absolute Gasteiger partial charge is 0.244 e. The Morgan fingerprint density at radius 1 is 1.25 bits per heavy atom. The number of carbonyl (C=O) groups excluding carboxylic acids is 2. The fourth-order valence-corrected chi connectivity index (χ4v) is 4.79. The lowest BCUT2D eigenvalue weighted by Gasteiger charge is -2.40. The summed E-state index contributed by atoms with van der Waals surface area (Å²) in [5, 5.41) is 6.97. The Morgan fingerprint density at radius 2 is 1.97 bits per heavy atom. The normalized spacial score (nSPS) is 21.1. The molecule has 0 saturated carbocycles. The van der Waals surface area contributed by atoms with Crippen LogP contribution in [-0.2, 0) is 14.3 Å². The second kappa shape index (κ2) is 10.7. The van der Waals surface area contributed by atoms with E-state index in [2.05, 4.69) is 20.4 Å². The number of piperidine rings is 1. The maximum absolute atomic E-state index is 12.7. The Morgan fingerprint density at radius 3 is 2.56 bits per heavy atom. The quantitative estimate of drug-likeness (QED) is 0.577. The highest BCUT2D eigenvalue weighted by Gasteiger charge is 2.48. The first-order valence-electron chi connectivity index (χ1n) is 11.9. The van der Waals surface area contributed by atoms with Gasteiger partial charge in [0, 0.05) is 38.7 Å². The summed E-state index contributed by atoms with van der Waals surface area (Å²) in [6.45, 7) is 13.6. The first-order chi connectivity index (χ1) is 15.2. The number of nitrogens with zero attached hydrogens (tertiary/aromatic N) is 4. The second-order valence-corrected chi connectivity index (χ2v) is 9.91. The van der Waals surface area contributed by atoms with E-state index in [0.29, 0.717) is 31.4 Å². The molecule has 2 saturated heterocycles. The minimum absolute atomic E-state index is 0.000237. The second-order valence-electron chi connectivity index (χ2n) is 9.91. The van der Waals surface area contributed by atoms with Gasteiger partial charge in [-0.15, -0.1) is 0 Å². The Balaban J connectivity index is 1.60. The van der Waals surface area contributed by atoms with E-state index in [0.717, 1.165) is 45.3 Å². The van der Waals surface area contributed by atoms with Crippen LogP contribution in [0.4, 0.5) is 0 Å². The maximum atomic E-state index is 12.7. The molecular formula is C23H39N5O4. The molecule has 0 aliphatic carbocycles. The van der Waals surface area contributed by atoms with Gasteiger partial charge in [-0.2, -0.15) is 4.98 Å². The lowest BCUT2D eigenvalue weighted by Crippen LogP contribution is -2.46. The van der Waals surface area contributed by atoms with Gasteiger partial charge in [-0.1, -0.05) is 19.0 Å². The van der Waals surface area contributed by atoms with Gasteiger partial charge >= 0.3 is 0 Å². The minimum Gasteiger partial charge on any atom is -0.379 e. The van der Waals surface area contributed by atoms with Crippen molar-refractivity contribution in [3.05, 3.63) is 11.7 Å². The number of carbonyl (C=O) groups is 2. The Kier molecular flexibility index (Phi) is 8.27. The van der Waals surface area contributed by atoms with Crippen molar-refractivity contribution in [3.63, 3.8) is 0 Å². The van der Waals surface area contributed by atoms with Crippen molar-refractivity contribution in [2.75, 3.05) is 39.3 Å². The number of ether oxygens (including phenoxy) is 1. The van der Waals surface area contributed by atoms with Crippen LogP contribution in [0, 0.1) is 18.3 Å². The molecule has 9 heteroatoms. The largest absolute Gasteiger partial charge is 0.379 e. The average Bonchev–Trinajstić information content (AvgIpc) is 3.31. The van der Waals surface area contributed by atoms with Crippen molar-refractivity contribution >= 4 is 11.8 Å². The summed E-state index contributed by atoms with van der Waals surface area (Å²) in [5.41, 5.74) is 0.0617. The molecular weight excluding hydrogens is 410 g/mol. The van der Waals surface area contributed by atoms with Crippen molar-refractivity contribution in [2.45, 2.75) is 72.4 Å². The molecule has 2 aliphatic rings. The fourth-order valence-electron chi connectivity index (χ4n) is 4.79. The van der Waals surface area contributed by atoms with Crippen LogP contribution >= 0.6 is 0 Å². The lowest BCUT2D eigenvalue weighted by molar-refractivity contribution is -0.136. The summed E-state index contributed by atoms with van der Waals surface area (Å²) in [6.07, 6.45) is 3.72. The predicted octanol–water partition coefficient (Wildman–Crippen LogP) is 2.32. The molecule has 2 amide bonds. The molecule has 0 aromatic carbocycles. The third kappa shape index (κ3) is 6.28. The van der Waals surface area contributed by atoms with Crippen LogP contribution in [0.2, 0.25) is 0 Å². The predicted molar refractivity (Wildman–Crippen MR) is 120 cm³/mol. The molecule has 32 heavy (non-hydrogen) atoms. The fraction of sp³-hybridized carbons (Fsp3) is 0.826. The topological polar surface area (TPSA) is 101 Å². The zero-order valence-corrected chi connectivity index (χ0v) is 20.2. The first-order valence-corrected chi connectivity index (χ1v) is 11.9. The van der Waals surface area contributed by atoms with E-state index in [1.165, 1.54) is 0 Å². The highest BCUT2D eigenvalue weighted by Crippen LogP contribution is 2.48. The Hall–Kier alpha value is -2.00. The molecule has 2 fully saturated rings. The van der Waals surface area contributed by atoms with E-state index in [9.17, 15) is 9.59 Å². The molecule has 1 unspecified atom stereocenters. The summed E-state index contributed by atoms with van der Waals surface area (Å²) >= 11 is 0. The summed E-state index contributed by atoms with van der Waals surface area (Å²) in [7, 11) is 0. The molecule has 3 heterocycles. The van der Waals surface area contributed by atoms with Gasteiger partial charge in [-0.05, 0) is 51.9 Å². The van der Waals surface area contributed by atoms with Gasteiger partial charge in [0.05, 0.1) is 18.7 Å². The Labute approximate surface area is 191 Å². The summed E-state index contributed by atoms with van der Waals surface area (Å²) in [6, 6.07) is -0.0708. The van der Waals surface area contributed by atoms with Gasteiger partial charge in [0.1, 0.15) is 0 Å². The number of likely N-dealkylation sites (tertiary alicyclic amines) is 2. The number of aryl methyl sites for hydroxylation is 1. The van der Waals surface area contributed by atoms with Gasteiger partial charge in [0.2, 0.25) is 17.7 Å². The standard InChI is InChI=1S/C23H39N5O4/c1-16(2)22(30)27-10-7-23(8-11-27)13-19(21-25-18(5)26-32-21)28(15-23)14-20(29)24-9-6-12-31-17(3)4/h16-17,19H,6-15H2,1-5H3,(H,24,29). The van der Waals surface area contributed by atoms with Crippen molar-refractivity contribution in [3.8, 4) is 0 Å². The molecule has 0 radical (unpaired) electrons. The number of aromatic nitrogens is 2. The third-order valence-electron chi connectivity index (χ3n) is 6.50. The van der Waals surface area contributed by atoms with Crippen molar-refractivity contribution in [1.82, 2.24) is 25.3 Å². The van der Waals surface area contributed by atoms with Crippen LogP contribution < -0.4 is 5.32 Å². The maximum Gasteiger partial charge on any atom is 0.244 e. The molecule has 3 rings (SSSR count). The van der Waals surface area contributed by atoms with Crippen molar-refractivity contribution < 1.29 is 18.8 Å². The van der Waals surface area contributed by atoms with Crippen LogP contribution in [0.15, 0.2) is 4.52 Å². The average molecular weight is 450 g/mol. The van der Waals surface area contributed by atoms with Crippen LogP contribution in [0.5, 0.6) is 0 Å². The first kappa shape index (κ1) is 24.6. The van der Waals surface area contributed by atoms with E-state index in [4.69, 9.17) is 9.26 Å². The number of nitrogens with one attached hydrogen (secondary N) is 1. The van der Waals surface area contributed by atoms with Gasteiger partial charge in [0.15, 0.2) is 5.82 Å². The number of amides is 2. The molecule has 1 atom stereocenters. The van der Waals surface area contributed by atoms with Crippen LogP contribution in [0.3, 0.4) is 0 Å². The highest BCUT2D eigenvalue weighted by molar-refractivity contribution is 5.78. The van der Waals surface area contributed by atoms with Crippen LogP contribution in [0.1, 0.15) is 71.1 Å². The van der Waals surface area contributed by atoms with E-state index < -0.39 is 0 Å². The van der Waals surface area contributed by atoms with E-state index in [-0.39, 0.29) is 35.3 Å². The number of rotatable bonds is 9. The SMILES string of the molecule is Cc1noc(C2CC3(CCN(C(=O)C(C)C)CC3)CN2CC(=O)NCCCOC(C)C)n1. The van der Waals surface area contributed by atoms with Gasteiger partial charge in [0.25, 0.3) is 0 Å². The third-order valence-corrected chi connectivity index (χ3v) is 6.50. The molecule has 9 nitrogen and oxygen atoms in total. The lowest BCUT2D eigenvalue weighted by atomic mass is 9.76. The van der Waals surface area contributed by atoms with E-state index in [1.807, 2.05) is 39.5 Å². The van der Waals surface area contributed by atoms with Gasteiger partial charge < -0.3 is 19.5 Å². The van der Waals surface area contributed by atoms with Gasteiger partial charge in [-0.25, -0.2) is 0 Å². The summed E-state index contributed by atoms with van der Waals surface area (Å²) in [5.74, 6) is 1.43. The molecule has 2 aliphatic heterocycles. The monoisotopic (exact) mass is 449 g/mol. The summed E-state index contributed by atoms with van der Waals surface area (Å²) in [4.78, 5) is 33.7. The highest BCUT2D eigenvalue weighted by atomic mass is 16.5. The van der Waals surface area contributed by atoms with Crippen molar-refractivity contribution in [1.29, 1.82) is 0 Å². The minimum atomic E-state index is -0.0708. The van der Waals surface area contributed by atoms with Crippen LogP contribution in [-0.4, -0.2) is 77.2 Å². The van der Waals surface area contributed by atoms with E-state index >= 15 is 0 Å². The van der Waals surface area contributed by atoms with Crippen molar-refractivity contribution in [2.24, 2.45) is 11.3 Å². The van der Waals surface area contributed by atoms with Crippen LogP contribution in [0.25, 0.3) is 0 Å². The molecule has 1 N–H and O–H groups in total. The zero-order chi connectivity index (χ0) is 23.3. The summed E-state index contributed by atoms with van der Waals surface area (Å²) < 4.78 is 11.0. The molecule has 1 aromatic rings. The Bertz CT molecular complexity index is 770. The molecule has 180 valence electrons. The van der Waals surface area contributed by atoms with Gasteiger partial charge in [-0.3, -0.25) is 14.5 Å². The number of hydrogen-bond donors (Lipinski definition) is 1. The number of hydrogen-bond acceptors (Lipinski definition) is 7.